The largest absolute Gasteiger partial charge is 0.449 e. The first-order valence-corrected chi connectivity index (χ1v) is 7.22. The second-order valence-electron chi connectivity index (χ2n) is 6.64. The van der Waals surface area contributed by atoms with Gasteiger partial charge in [0.2, 0.25) is 0 Å². The second-order valence-corrected chi connectivity index (χ2v) is 6.64. The Morgan fingerprint density at radius 3 is 2.28 bits per heavy atom. The van der Waals surface area contributed by atoms with E-state index in [1.807, 2.05) is 13.8 Å². The number of carbonyl (C=O) groups excluding carboxylic acids is 1. The van der Waals surface area contributed by atoms with E-state index < -0.39 is 0 Å². The molecule has 3 heteroatoms. The number of nitrogens with one attached hydrogen (secondary N) is 1. The third-order valence-corrected chi connectivity index (χ3v) is 2.67. The van der Waals surface area contributed by atoms with Crippen LogP contribution >= 0.6 is 0 Å². The number of unbranched alkanes of at least 4 members (excludes halogenated alkanes) is 3. The average Bonchev–Trinajstić information content (AvgIpc) is 2.23. The van der Waals surface area contributed by atoms with Gasteiger partial charge in [0.1, 0.15) is 0 Å². The van der Waals surface area contributed by atoms with Gasteiger partial charge in [0, 0.05) is 6.54 Å². The van der Waals surface area contributed by atoms with E-state index >= 15 is 0 Å². The Morgan fingerprint density at radius 1 is 1.11 bits per heavy atom. The standard InChI is InChI=1S/C15H31NO2/c1-13(2)12-18-14(17)16-11-9-7-6-8-10-15(3,4)5/h13H,6-12H2,1-5H3,(H,16,17). The van der Waals surface area contributed by atoms with Crippen LogP contribution in [-0.4, -0.2) is 19.2 Å². The molecule has 0 aromatic rings. The summed E-state index contributed by atoms with van der Waals surface area (Å²) in [7, 11) is 0. The summed E-state index contributed by atoms with van der Waals surface area (Å²) in [6.45, 7) is 12.1. The average molecular weight is 257 g/mol. The fraction of sp³-hybridized carbons (Fsp3) is 0.933. The molecule has 0 aliphatic carbocycles. The minimum atomic E-state index is -0.279. The van der Waals surface area contributed by atoms with Crippen molar-refractivity contribution in [3.63, 3.8) is 0 Å². The van der Waals surface area contributed by atoms with Crippen LogP contribution in [0.1, 0.15) is 66.7 Å². The van der Waals surface area contributed by atoms with Crippen LogP contribution in [0, 0.1) is 11.3 Å². The van der Waals surface area contributed by atoms with Crippen molar-refractivity contribution in [1.29, 1.82) is 0 Å². The molecule has 18 heavy (non-hydrogen) atoms. The minimum absolute atomic E-state index is 0.279. The quantitative estimate of drug-likeness (QED) is 0.656. The first-order valence-electron chi connectivity index (χ1n) is 7.22. The van der Waals surface area contributed by atoms with Gasteiger partial charge < -0.3 is 10.1 Å². The Morgan fingerprint density at radius 2 is 1.72 bits per heavy atom. The maximum atomic E-state index is 11.2. The molecular weight excluding hydrogens is 226 g/mol. The molecule has 0 saturated heterocycles. The zero-order valence-corrected chi connectivity index (χ0v) is 12.8. The van der Waals surface area contributed by atoms with Crippen molar-refractivity contribution in [2.75, 3.05) is 13.2 Å². The van der Waals surface area contributed by atoms with Crippen molar-refractivity contribution in [2.24, 2.45) is 11.3 Å². The molecule has 1 N–H and O–H groups in total. The summed E-state index contributed by atoms with van der Waals surface area (Å²) in [6, 6.07) is 0. The van der Waals surface area contributed by atoms with E-state index in [2.05, 4.69) is 26.1 Å². The molecule has 0 aliphatic heterocycles. The molecule has 0 rings (SSSR count). The Labute approximate surface area is 113 Å². The van der Waals surface area contributed by atoms with Crippen LogP contribution in [0.3, 0.4) is 0 Å². The highest BCUT2D eigenvalue weighted by Crippen LogP contribution is 2.22. The highest BCUT2D eigenvalue weighted by molar-refractivity contribution is 5.66. The fourth-order valence-corrected chi connectivity index (χ4v) is 1.62. The number of hydrogen-bond acceptors (Lipinski definition) is 2. The second kappa shape index (κ2) is 9.23. The minimum Gasteiger partial charge on any atom is -0.449 e. The van der Waals surface area contributed by atoms with Crippen LogP contribution in [0.15, 0.2) is 0 Å². The molecule has 0 atom stereocenters. The summed E-state index contributed by atoms with van der Waals surface area (Å²) < 4.78 is 5.03. The third-order valence-electron chi connectivity index (χ3n) is 2.67. The zero-order chi connectivity index (χ0) is 14.0. The smallest absolute Gasteiger partial charge is 0.407 e. The topological polar surface area (TPSA) is 38.3 Å². The van der Waals surface area contributed by atoms with Crippen molar-refractivity contribution < 1.29 is 9.53 Å². The molecule has 0 unspecified atom stereocenters. The molecule has 1 amide bonds. The predicted molar refractivity (Wildman–Crippen MR) is 76.7 cm³/mol. The van der Waals surface area contributed by atoms with Crippen molar-refractivity contribution >= 4 is 6.09 Å². The van der Waals surface area contributed by atoms with Crippen LogP contribution in [0.5, 0.6) is 0 Å². The maximum absolute atomic E-state index is 11.2. The van der Waals surface area contributed by atoms with Crippen LogP contribution < -0.4 is 5.32 Å². The van der Waals surface area contributed by atoms with Gasteiger partial charge in [-0.2, -0.15) is 0 Å². The van der Waals surface area contributed by atoms with Gasteiger partial charge in [0.15, 0.2) is 0 Å². The SMILES string of the molecule is CC(C)COC(=O)NCCCCCCC(C)(C)C. The number of alkyl carbamates (subject to hydrolysis) is 1. The molecule has 0 aromatic heterocycles. The normalized spacial score (nSPS) is 11.7. The Balaban J connectivity index is 3.28. The van der Waals surface area contributed by atoms with Crippen molar-refractivity contribution in [3.05, 3.63) is 0 Å². The van der Waals surface area contributed by atoms with Crippen LogP contribution in [-0.2, 0) is 4.74 Å². The number of carbonyl (C=O) groups is 1. The van der Waals surface area contributed by atoms with Gasteiger partial charge in [-0.3, -0.25) is 0 Å². The first-order chi connectivity index (χ1) is 8.31. The molecule has 0 aromatic carbocycles. The molecule has 0 bridgehead atoms. The van der Waals surface area contributed by atoms with Gasteiger partial charge in [0.05, 0.1) is 6.61 Å². The number of amides is 1. The first kappa shape index (κ1) is 17.3. The maximum Gasteiger partial charge on any atom is 0.407 e. The number of rotatable bonds is 8. The Bertz CT molecular complexity index is 219. The summed E-state index contributed by atoms with van der Waals surface area (Å²) in [6.07, 6.45) is 5.75. The lowest BCUT2D eigenvalue weighted by atomic mass is 9.89. The fourth-order valence-electron chi connectivity index (χ4n) is 1.62. The molecule has 0 aliphatic rings. The zero-order valence-electron chi connectivity index (χ0n) is 12.8. The third kappa shape index (κ3) is 13.3. The molecule has 0 radical (unpaired) electrons. The molecule has 0 heterocycles. The Hall–Kier alpha value is -0.730. The van der Waals surface area contributed by atoms with Crippen LogP contribution in [0.2, 0.25) is 0 Å². The highest BCUT2D eigenvalue weighted by Gasteiger charge is 2.08. The number of hydrogen-bond donors (Lipinski definition) is 1. The van der Waals surface area contributed by atoms with Crippen molar-refractivity contribution in [3.8, 4) is 0 Å². The van der Waals surface area contributed by atoms with Gasteiger partial charge in [0.25, 0.3) is 0 Å². The lowest BCUT2D eigenvalue weighted by molar-refractivity contribution is 0.133. The van der Waals surface area contributed by atoms with Gasteiger partial charge in [-0.05, 0) is 24.2 Å². The monoisotopic (exact) mass is 257 g/mol. The molecule has 3 nitrogen and oxygen atoms in total. The van der Waals surface area contributed by atoms with E-state index in [-0.39, 0.29) is 6.09 Å². The van der Waals surface area contributed by atoms with E-state index in [4.69, 9.17) is 4.74 Å². The summed E-state index contributed by atoms with van der Waals surface area (Å²) in [4.78, 5) is 11.2. The summed E-state index contributed by atoms with van der Waals surface area (Å²) in [5, 5.41) is 2.78. The molecule has 108 valence electrons. The summed E-state index contributed by atoms with van der Waals surface area (Å²) in [5.41, 5.74) is 0.443. The Kier molecular flexibility index (Phi) is 8.86. The van der Waals surface area contributed by atoms with E-state index in [1.165, 1.54) is 25.7 Å². The predicted octanol–water partition coefficient (Wildman–Crippen LogP) is 4.37. The van der Waals surface area contributed by atoms with E-state index in [1.54, 1.807) is 0 Å². The number of ether oxygens (including phenoxy) is 1. The van der Waals surface area contributed by atoms with E-state index in [9.17, 15) is 4.79 Å². The van der Waals surface area contributed by atoms with E-state index in [0.29, 0.717) is 17.9 Å². The van der Waals surface area contributed by atoms with Gasteiger partial charge in [-0.15, -0.1) is 0 Å². The lowest BCUT2D eigenvalue weighted by Gasteiger charge is -2.17. The van der Waals surface area contributed by atoms with Gasteiger partial charge in [-0.25, -0.2) is 4.79 Å². The lowest BCUT2D eigenvalue weighted by Crippen LogP contribution is -2.26. The van der Waals surface area contributed by atoms with Crippen LogP contribution in [0.4, 0.5) is 4.79 Å². The van der Waals surface area contributed by atoms with Gasteiger partial charge >= 0.3 is 6.09 Å². The summed E-state index contributed by atoms with van der Waals surface area (Å²) in [5.74, 6) is 0.396. The molecule has 0 spiro atoms. The van der Waals surface area contributed by atoms with Crippen molar-refractivity contribution in [2.45, 2.75) is 66.7 Å². The highest BCUT2D eigenvalue weighted by atomic mass is 16.5. The summed E-state index contributed by atoms with van der Waals surface area (Å²) >= 11 is 0. The van der Waals surface area contributed by atoms with E-state index in [0.717, 1.165) is 13.0 Å². The van der Waals surface area contributed by atoms with Crippen molar-refractivity contribution in [1.82, 2.24) is 5.32 Å². The van der Waals surface area contributed by atoms with Crippen LogP contribution in [0.25, 0.3) is 0 Å². The molecule has 0 fully saturated rings. The molecular formula is C15H31NO2. The van der Waals surface area contributed by atoms with Gasteiger partial charge in [-0.1, -0.05) is 53.9 Å². The molecule has 0 saturated carbocycles.